The molecule has 76 valence electrons. The van der Waals surface area contributed by atoms with Gasteiger partial charge in [-0.3, -0.25) is 0 Å². The van der Waals surface area contributed by atoms with Crippen LogP contribution in [0.3, 0.4) is 0 Å². The fraction of sp³-hybridized carbons (Fsp3) is 0. The minimum Gasteiger partial charge on any atom is -0.363 e. The van der Waals surface area contributed by atoms with Crippen molar-refractivity contribution in [3.8, 4) is 0 Å². The molecule has 0 amide bonds. The Morgan fingerprint density at radius 1 is 1.13 bits per heavy atom. The first-order valence-corrected chi connectivity index (χ1v) is 5.97. The highest BCUT2D eigenvalue weighted by atomic mass is 35.5. The molecular formula is C10H8ClN2OP. The first-order valence-electron chi connectivity index (χ1n) is 4.30. The summed E-state index contributed by atoms with van der Waals surface area (Å²) in [6.45, 7) is 0. The third kappa shape index (κ3) is 2.51. The lowest BCUT2D eigenvalue weighted by atomic mass is 10.4. The van der Waals surface area contributed by atoms with E-state index in [2.05, 4.69) is 9.97 Å². The Bertz CT molecular complexity index is 452. The Morgan fingerprint density at radius 3 is 2.53 bits per heavy atom. The number of aromatic nitrogens is 2. The molecule has 1 aromatic carbocycles. The van der Waals surface area contributed by atoms with Crippen LogP contribution in [-0.2, 0) is 0 Å². The molecule has 15 heavy (non-hydrogen) atoms. The zero-order chi connectivity index (χ0) is 10.7. The Labute approximate surface area is 93.6 Å². The quantitative estimate of drug-likeness (QED) is 0.637. The summed E-state index contributed by atoms with van der Waals surface area (Å²) in [6, 6.07) is 11.1. The molecule has 1 heterocycles. The summed E-state index contributed by atoms with van der Waals surface area (Å²) in [6.07, 6.45) is 1.54. The van der Waals surface area contributed by atoms with Crippen LogP contribution in [0.1, 0.15) is 0 Å². The maximum atomic E-state index is 10.0. The van der Waals surface area contributed by atoms with Gasteiger partial charge in [0.15, 0.2) is 0 Å². The summed E-state index contributed by atoms with van der Waals surface area (Å²) in [5, 5.41) is 1.01. The Hall–Kier alpha value is -1.02. The zero-order valence-electron chi connectivity index (χ0n) is 7.71. The van der Waals surface area contributed by atoms with Gasteiger partial charge in [0, 0.05) is 11.5 Å². The van der Waals surface area contributed by atoms with Gasteiger partial charge in [0.2, 0.25) is 5.28 Å². The molecule has 0 bridgehead atoms. The van der Waals surface area contributed by atoms with E-state index in [1.165, 1.54) is 0 Å². The van der Waals surface area contributed by atoms with Gasteiger partial charge in [0.05, 0.1) is 5.44 Å². The summed E-state index contributed by atoms with van der Waals surface area (Å²) in [4.78, 5) is 17.8. The van der Waals surface area contributed by atoms with Crippen LogP contribution in [0, 0.1) is 0 Å². The summed E-state index contributed by atoms with van der Waals surface area (Å²) >= 11 is 5.65. The van der Waals surface area contributed by atoms with Crippen LogP contribution < -0.4 is 10.7 Å². The maximum Gasteiger partial charge on any atom is 0.222 e. The molecule has 0 radical (unpaired) electrons. The number of nitrogens with zero attached hydrogens (tertiary/aromatic N) is 2. The van der Waals surface area contributed by atoms with Crippen molar-refractivity contribution in [1.82, 2.24) is 9.97 Å². The van der Waals surface area contributed by atoms with E-state index < -0.39 is 8.15 Å². The van der Waals surface area contributed by atoms with Crippen LogP contribution in [-0.4, -0.2) is 14.9 Å². The number of halogens is 1. The van der Waals surface area contributed by atoms with Gasteiger partial charge in [-0.25, -0.2) is 9.97 Å². The molecular weight excluding hydrogens is 231 g/mol. The molecule has 2 rings (SSSR count). The molecule has 2 aromatic rings. The topological polar surface area (TPSA) is 46.0 Å². The van der Waals surface area contributed by atoms with Crippen molar-refractivity contribution in [1.29, 1.82) is 0 Å². The van der Waals surface area contributed by atoms with Crippen LogP contribution in [0.4, 0.5) is 0 Å². The molecule has 0 fully saturated rings. The predicted molar refractivity (Wildman–Crippen MR) is 61.9 cm³/mol. The number of benzene rings is 1. The standard InChI is InChI=1S/C10H8ClN2OP/c11-10-12-7-6-9(13-10)15(14)8-4-2-1-3-5-8/h1-7,14H. The van der Waals surface area contributed by atoms with Crippen molar-refractivity contribution in [3.05, 3.63) is 47.9 Å². The molecule has 0 saturated heterocycles. The maximum absolute atomic E-state index is 10.0. The van der Waals surface area contributed by atoms with Crippen molar-refractivity contribution in [2.45, 2.75) is 0 Å². The molecule has 1 N–H and O–H groups in total. The van der Waals surface area contributed by atoms with Gasteiger partial charge in [-0.1, -0.05) is 30.3 Å². The third-order valence-corrected chi connectivity index (χ3v) is 3.48. The van der Waals surface area contributed by atoms with E-state index in [0.29, 0.717) is 5.44 Å². The van der Waals surface area contributed by atoms with Gasteiger partial charge in [-0.2, -0.15) is 0 Å². The average molecular weight is 239 g/mol. The van der Waals surface area contributed by atoms with E-state index in [1.54, 1.807) is 12.3 Å². The molecule has 1 atom stereocenters. The highest BCUT2D eigenvalue weighted by Crippen LogP contribution is 2.26. The Kier molecular flexibility index (Phi) is 3.27. The molecule has 0 aliphatic rings. The minimum atomic E-state index is -1.42. The Balaban J connectivity index is 2.32. The number of hydrogen-bond acceptors (Lipinski definition) is 3. The van der Waals surface area contributed by atoms with Crippen LogP contribution >= 0.6 is 19.7 Å². The van der Waals surface area contributed by atoms with Crippen LogP contribution in [0.25, 0.3) is 0 Å². The van der Waals surface area contributed by atoms with Crippen LogP contribution in [0.2, 0.25) is 5.28 Å². The van der Waals surface area contributed by atoms with Gasteiger partial charge in [0.25, 0.3) is 0 Å². The van der Waals surface area contributed by atoms with Crippen LogP contribution in [0.5, 0.6) is 0 Å². The molecule has 3 nitrogen and oxygen atoms in total. The summed E-state index contributed by atoms with van der Waals surface area (Å²) in [5.41, 5.74) is 0.566. The molecule has 1 aromatic heterocycles. The highest BCUT2D eigenvalue weighted by molar-refractivity contribution is 7.67. The lowest BCUT2D eigenvalue weighted by molar-refractivity contribution is 0.643. The number of hydrogen-bond donors (Lipinski definition) is 1. The first kappa shape index (κ1) is 10.5. The lowest BCUT2D eigenvalue weighted by Gasteiger charge is -2.08. The zero-order valence-corrected chi connectivity index (χ0v) is 9.36. The van der Waals surface area contributed by atoms with E-state index in [0.717, 1.165) is 5.30 Å². The van der Waals surface area contributed by atoms with E-state index in [-0.39, 0.29) is 5.28 Å². The van der Waals surface area contributed by atoms with Crippen molar-refractivity contribution in [3.63, 3.8) is 0 Å². The van der Waals surface area contributed by atoms with E-state index in [1.807, 2.05) is 30.3 Å². The second kappa shape index (κ2) is 4.67. The van der Waals surface area contributed by atoms with E-state index in [4.69, 9.17) is 11.6 Å². The second-order valence-electron chi connectivity index (χ2n) is 2.83. The molecule has 1 unspecified atom stereocenters. The van der Waals surface area contributed by atoms with Crippen molar-refractivity contribution in [2.24, 2.45) is 0 Å². The average Bonchev–Trinajstić information content (AvgIpc) is 2.29. The lowest BCUT2D eigenvalue weighted by Crippen LogP contribution is -2.14. The largest absolute Gasteiger partial charge is 0.363 e. The SMILES string of the molecule is OP(c1ccccc1)c1ccnc(Cl)n1. The van der Waals surface area contributed by atoms with E-state index in [9.17, 15) is 4.89 Å². The molecule has 0 aliphatic heterocycles. The molecule has 0 saturated carbocycles. The highest BCUT2D eigenvalue weighted by Gasteiger charge is 2.11. The van der Waals surface area contributed by atoms with Gasteiger partial charge >= 0.3 is 0 Å². The van der Waals surface area contributed by atoms with Crippen molar-refractivity contribution in [2.75, 3.05) is 0 Å². The summed E-state index contributed by atoms with van der Waals surface area (Å²) in [5.74, 6) is 0. The monoisotopic (exact) mass is 238 g/mol. The molecule has 0 spiro atoms. The van der Waals surface area contributed by atoms with Gasteiger partial charge in [-0.05, 0) is 17.7 Å². The fourth-order valence-electron chi connectivity index (χ4n) is 1.15. The second-order valence-corrected chi connectivity index (χ2v) is 4.77. The smallest absolute Gasteiger partial charge is 0.222 e. The van der Waals surface area contributed by atoms with Crippen molar-refractivity contribution < 1.29 is 4.89 Å². The van der Waals surface area contributed by atoms with E-state index >= 15 is 0 Å². The number of rotatable bonds is 2. The minimum absolute atomic E-state index is 0.157. The predicted octanol–water partition coefficient (Wildman–Crippen LogP) is 1.47. The van der Waals surface area contributed by atoms with Gasteiger partial charge in [-0.15, -0.1) is 0 Å². The first-order chi connectivity index (χ1) is 7.27. The molecule has 5 heteroatoms. The third-order valence-electron chi connectivity index (χ3n) is 1.83. The summed E-state index contributed by atoms with van der Waals surface area (Å²) in [7, 11) is -1.42. The normalized spacial score (nSPS) is 12.4. The van der Waals surface area contributed by atoms with Crippen molar-refractivity contribution >= 4 is 30.5 Å². The van der Waals surface area contributed by atoms with Crippen LogP contribution in [0.15, 0.2) is 42.6 Å². The fourth-order valence-corrected chi connectivity index (χ4v) is 2.47. The summed E-state index contributed by atoms with van der Waals surface area (Å²) < 4.78 is 0. The van der Waals surface area contributed by atoms with Gasteiger partial charge < -0.3 is 4.89 Å². The van der Waals surface area contributed by atoms with Gasteiger partial charge in [0.1, 0.15) is 8.15 Å². The Morgan fingerprint density at radius 2 is 1.87 bits per heavy atom. The molecule has 0 aliphatic carbocycles.